The van der Waals surface area contributed by atoms with Gasteiger partial charge in [0.05, 0.1) is 12.5 Å². The fourth-order valence-electron chi connectivity index (χ4n) is 2.78. The molecular weight excluding hydrogens is 288 g/mol. The van der Waals surface area contributed by atoms with Crippen molar-refractivity contribution in [3.8, 4) is 11.1 Å². The van der Waals surface area contributed by atoms with Crippen molar-refractivity contribution in [2.45, 2.75) is 6.92 Å². The largest absolute Gasteiger partial charge is 0.472 e. The van der Waals surface area contributed by atoms with E-state index in [9.17, 15) is 4.79 Å². The first kappa shape index (κ1) is 13.5. The first-order valence-corrected chi connectivity index (χ1v) is 7.34. The molecule has 0 aliphatic heterocycles. The van der Waals surface area contributed by atoms with E-state index in [0.717, 1.165) is 22.1 Å². The Bertz CT molecular complexity index is 997. The quantitative estimate of drug-likeness (QED) is 0.555. The third kappa shape index (κ3) is 2.25. The van der Waals surface area contributed by atoms with Gasteiger partial charge in [-0.1, -0.05) is 17.7 Å². The Morgan fingerprint density at radius 3 is 2.87 bits per heavy atom. The highest BCUT2D eigenvalue weighted by Gasteiger charge is 2.17. The van der Waals surface area contributed by atoms with Crippen molar-refractivity contribution in [3.05, 3.63) is 78.5 Å². The number of hydrogen-bond donors (Lipinski definition) is 0. The van der Waals surface area contributed by atoms with Gasteiger partial charge in [0.2, 0.25) is 0 Å². The number of aryl methyl sites for hydroxylation is 1. The molecule has 3 heterocycles. The number of fused-ring (bicyclic) bond motifs is 1. The van der Waals surface area contributed by atoms with Crippen molar-refractivity contribution < 1.29 is 9.21 Å². The average Bonchev–Trinajstić information content (AvgIpc) is 3.21. The first-order valence-electron chi connectivity index (χ1n) is 7.34. The van der Waals surface area contributed by atoms with E-state index in [4.69, 9.17) is 4.42 Å². The lowest BCUT2D eigenvalue weighted by Gasteiger charge is -2.04. The maximum Gasteiger partial charge on any atom is 0.263 e. The van der Waals surface area contributed by atoms with Crippen LogP contribution in [-0.2, 0) is 0 Å². The Hall–Kier alpha value is -3.14. The summed E-state index contributed by atoms with van der Waals surface area (Å²) in [4.78, 5) is 17.3. The molecule has 0 bridgehead atoms. The number of nitrogens with zero attached hydrogens (tertiary/aromatic N) is 2. The molecular formula is C19H14N2O2. The van der Waals surface area contributed by atoms with E-state index >= 15 is 0 Å². The van der Waals surface area contributed by atoms with Gasteiger partial charge in [-0.15, -0.1) is 0 Å². The smallest absolute Gasteiger partial charge is 0.263 e. The minimum absolute atomic E-state index is 0.0906. The summed E-state index contributed by atoms with van der Waals surface area (Å²) in [6.45, 7) is 1.97. The van der Waals surface area contributed by atoms with E-state index in [-0.39, 0.29) is 5.91 Å². The molecule has 0 radical (unpaired) electrons. The van der Waals surface area contributed by atoms with Crippen molar-refractivity contribution in [2.75, 3.05) is 0 Å². The van der Waals surface area contributed by atoms with Crippen molar-refractivity contribution in [3.63, 3.8) is 0 Å². The Labute approximate surface area is 133 Å². The Balaban J connectivity index is 1.92. The van der Waals surface area contributed by atoms with Crippen molar-refractivity contribution in [1.29, 1.82) is 0 Å². The molecule has 0 saturated carbocycles. The van der Waals surface area contributed by atoms with Gasteiger partial charge in [0.1, 0.15) is 5.65 Å². The predicted molar refractivity (Wildman–Crippen MR) is 88.3 cm³/mol. The van der Waals surface area contributed by atoms with E-state index in [1.165, 1.54) is 0 Å². The van der Waals surface area contributed by atoms with Gasteiger partial charge in [-0.05, 0) is 37.3 Å². The maximum absolute atomic E-state index is 12.9. The number of rotatable bonds is 2. The van der Waals surface area contributed by atoms with Gasteiger partial charge in [0, 0.05) is 34.5 Å². The van der Waals surface area contributed by atoms with Gasteiger partial charge >= 0.3 is 0 Å². The highest BCUT2D eigenvalue weighted by atomic mass is 16.3. The minimum Gasteiger partial charge on any atom is -0.472 e. The molecule has 23 heavy (non-hydrogen) atoms. The second kappa shape index (κ2) is 5.25. The van der Waals surface area contributed by atoms with Gasteiger partial charge in [0.15, 0.2) is 0 Å². The summed E-state index contributed by atoms with van der Waals surface area (Å²) >= 11 is 0. The van der Waals surface area contributed by atoms with Crippen molar-refractivity contribution in [2.24, 2.45) is 0 Å². The van der Waals surface area contributed by atoms with E-state index in [0.29, 0.717) is 11.2 Å². The van der Waals surface area contributed by atoms with Crippen LogP contribution in [0.5, 0.6) is 0 Å². The highest BCUT2D eigenvalue weighted by molar-refractivity contribution is 6.05. The molecule has 0 aliphatic rings. The number of benzene rings is 1. The van der Waals surface area contributed by atoms with Crippen molar-refractivity contribution in [1.82, 2.24) is 9.55 Å². The molecule has 0 saturated heterocycles. The summed E-state index contributed by atoms with van der Waals surface area (Å²) < 4.78 is 6.78. The zero-order valence-corrected chi connectivity index (χ0v) is 12.6. The lowest BCUT2D eigenvalue weighted by molar-refractivity contribution is 0.0964. The first-order chi connectivity index (χ1) is 11.2. The number of furan rings is 1. The Kier molecular flexibility index (Phi) is 3.08. The third-order valence-corrected chi connectivity index (χ3v) is 3.88. The summed E-state index contributed by atoms with van der Waals surface area (Å²) in [6, 6.07) is 13.3. The predicted octanol–water partition coefficient (Wildman–Crippen LogP) is 4.29. The molecule has 4 rings (SSSR count). The van der Waals surface area contributed by atoms with Crippen molar-refractivity contribution >= 4 is 16.9 Å². The van der Waals surface area contributed by atoms with E-state index in [2.05, 4.69) is 4.98 Å². The molecule has 0 spiro atoms. The van der Waals surface area contributed by atoms with Crippen LogP contribution in [0.25, 0.3) is 22.2 Å². The van der Waals surface area contributed by atoms with Crippen LogP contribution in [0, 0.1) is 6.92 Å². The number of pyridine rings is 1. The molecule has 4 nitrogen and oxygen atoms in total. The van der Waals surface area contributed by atoms with Gasteiger partial charge in [0.25, 0.3) is 5.91 Å². The molecule has 0 fully saturated rings. The summed E-state index contributed by atoms with van der Waals surface area (Å²) in [7, 11) is 0. The van der Waals surface area contributed by atoms with Gasteiger partial charge in [-0.2, -0.15) is 0 Å². The summed E-state index contributed by atoms with van der Waals surface area (Å²) in [5, 5.41) is 0.926. The lowest BCUT2D eigenvalue weighted by Crippen LogP contribution is -2.11. The summed E-state index contributed by atoms with van der Waals surface area (Å²) in [5.41, 5.74) is 4.21. The monoisotopic (exact) mass is 302 g/mol. The second-order valence-corrected chi connectivity index (χ2v) is 5.47. The molecule has 1 aromatic carbocycles. The molecule has 3 aromatic heterocycles. The Morgan fingerprint density at radius 1 is 1.17 bits per heavy atom. The molecule has 0 unspecified atom stereocenters. The molecule has 4 heteroatoms. The van der Waals surface area contributed by atoms with Crippen LogP contribution in [0.15, 0.2) is 71.8 Å². The fourth-order valence-corrected chi connectivity index (χ4v) is 2.78. The maximum atomic E-state index is 12.9. The summed E-state index contributed by atoms with van der Waals surface area (Å²) in [6.07, 6.45) is 6.81. The fraction of sp³-hybridized carbons (Fsp3) is 0.0526. The number of aromatic nitrogens is 2. The van der Waals surface area contributed by atoms with Crippen LogP contribution in [0.1, 0.15) is 15.9 Å². The number of carbonyl (C=O) groups is 1. The van der Waals surface area contributed by atoms with Gasteiger partial charge in [-0.3, -0.25) is 9.36 Å². The number of hydrogen-bond acceptors (Lipinski definition) is 3. The zero-order chi connectivity index (χ0) is 15.8. The van der Waals surface area contributed by atoms with Crippen LogP contribution in [0.4, 0.5) is 0 Å². The Morgan fingerprint density at radius 2 is 2.09 bits per heavy atom. The summed E-state index contributed by atoms with van der Waals surface area (Å²) in [5.74, 6) is -0.0906. The normalized spacial score (nSPS) is 11.0. The second-order valence-electron chi connectivity index (χ2n) is 5.47. The third-order valence-electron chi connectivity index (χ3n) is 3.88. The van der Waals surface area contributed by atoms with Crippen LogP contribution in [0.2, 0.25) is 0 Å². The van der Waals surface area contributed by atoms with Crippen LogP contribution in [0.3, 0.4) is 0 Å². The van der Waals surface area contributed by atoms with Crippen LogP contribution >= 0.6 is 0 Å². The van der Waals surface area contributed by atoms with E-state index in [1.807, 2.05) is 55.6 Å². The average molecular weight is 302 g/mol. The molecule has 0 N–H and O–H groups in total. The number of carbonyl (C=O) groups excluding carboxylic acids is 1. The van der Waals surface area contributed by atoms with Crippen LogP contribution < -0.4 is 0 Å². The molecule has 0 atom stereocenters. The van der Waals surface area contributed by atoms with Gasteiger partial charge in [-0.25, -0.2) is 4.98 Å². The van der Waals surface area contributed by atoms with Crippen LogP contribution in [-0.4, -0.2) is 15.5 Å². The lowest BCUT2D eigenvalue weighted by atomic mass is 10.1. The van der Waals surface area contributed by atoms with E-state index in [1.54, 1.807) is 23.3 Å². The molecule has 0 amide bonds. The van der Waals surface area contributed by atoms with Gasteiger partial charge < -0.3 is 4.42 Å². The minimum atomic E-state index is -0.0906. The van der Waals surface area contributed by atoms with E-state index < -0.39 is 0 Å². The zero-order valence-electron chi connectivity index (χ0n) is 12.6. The highest BCUT2D eigenvalue weighted by Crippen LogP contribution is 2.30. The standard InChI is InChI=1S/C19H14N2O2/c1-13-4-2-5-14(10-13)19(22)21-11-17(15-7-9-23-12-15)16-6-3-8-20-18(16)21/h2-12H,1H3. The molecule has 112 valence electrons. The SMILES string of the molecule is Cc1cccc(C(=O)n2cc(-c3ccoc3)c3cccnc32)c1. The molecule has 0 aliphatic carbocycles. The topological polar surface area (TPSA) is 48.0 Å². The molecule has 4 aromatic rings.